The Labute approximate surface area is 205 Å². The van der Waals surface area contributed by atoms with Crippen molar-refractivity contribution in [1.29, 1.82) is 0 Å². The molecular weight excluding hydrogens is 456 g/mol. The molecule has 0 spiro atoms. The van der Waals surface area contributed by atoms with Crippen molar-refractivity contribution in [1.82, 2.24) is 10.6 Å². The molecule has 10 heteroatoms. The van der Waals surface area contributed by atoms with E-state index < -0.39 is 24.2 Å². The highest BCUT2D eigenvalue weighted by molar-refractivity contribution is 5.97. The second-order valence-corrected chi connectivity index (χ2v) is 9.50. The maximum absolute atomic E-state index is 12.9. The van der Waals surface area contributed by atoms with Crippen LogP contribution in [0.3, 0.4) is 0 Å². The number of aliphatic hydroxyl groups is 1. The number of carbonyl (C=O) groups excluding carboxylic acids is 3. The molecule has 1 aromatic rings. The lowest BCUT2D eigenvalue weighted by Crippen LogP contribution is -2.51. The molecule has 1 saturated heterocycles. The van der Waals surface area contributed by atoms with E-state index in [2.05, 4.69) is 10.6 Å². The van der Waals surface area contributed by atoms with E-state index in [1.807, 2.05) is 19.9 Å². The number of ketones is 1. The number of rotatable bonds is 12. The molecule has 35 heavy (non-hydrogen) atoms. The highest BCUT2D eigenvalue weighted by atomic mass is 16.6. The smallest absolute Gasteiger partial charge is 0.239 e. The molecule has 3 atom stereocenters. The predicted octanol–water partition coefficient (Wildman–Crippen LogP) is 0.795. The topological polar surface area (TPSA) is 136 Å². The molecule has 10 nitrogen and oxygen atoms in total. The maximum atomic E-state index is 12.9. The number of hydrogen-bond donors (Lipinski definition) is 3. The fourth-order valence-corrected chi connectivity index (χ4v) is 4.61. The summed E-state index contributed by atoms with van der Waals surface area (Å²) in [6, 6.07) is 1.08. The molecule has 1 aromatic carbocycles. The van der Waals surface area contributed by atoms with E-state index in [1.54, 1.807) is 21.3 Å². The van der Waals surface area contributed by atoms with E-state index in [0.29, 0.717) is 42.9 Å². The molecule has 3 unspecified atom stereocenters. The SMILES string of the molecule is COc1cc2c(c(OC)c1OC)CCC(C(=O)NCC(=O)NC(CC(C)C)C(=O)C1(CO)CO1)C2. The molecule has 1 aliphatic carbocycles. The number of nitrogens with one attached hydrogen (secondary N) is 2. The molecule has 3 N–H and O–H groups in total. The van der Waals surface area contributed by atoms with Crippen molar-refractivity contribution < 1.29 is 38.4 Å². The van der Waals surface area contributed by atoms with Crippen molar-refractivity contribution in [3.63, 3.8) is 0 Å². The lowest BCUT2D eigenvalue weighted by Gasteiger charge is -2.27. The summed E-state index contributed by atoms with van der Waals surface area (Å²) in [6.07, 6.45) is 2.11. The second-order valence-electron chi connectivity index (χ2n) is 9.50. The lowest BCUT2D eigenvalue weighted by atomic mass is 9.82. The van der Waals surface area contributed by atoms with Crippen LogP contribution in [-0.2, 0) is 32.0 Å². The third kappa shape index (κ3) is 5.87. The fourth-order valence-electron chi connectivity index (χ4n) is 4.61. The Morgan fingerprint density at radius 2 is 1.86 bits per heavy atom. The van der Waals surface area contributed by atoms with E-state index in [4.69, 9.17) is 18.9 Å². The van der Waals surface area contributed by atoms with Crippen LogP contribution >= 0.6 is 0 Å². The Kier molecular flexibility index (Phi) is 8.60. The van der Waals surface area contributed by atoms with Crippen LogP contribution in [0.1, 0.15) is 37.8 Å². The predicted molar refractivity (Wildman–Crippen MR) is 127 cm³/mol. The molecule has 1 aliphatic heterocycles. The highest BCUT2D eigenvalue weighted by Gasteiger charge is 2.54. The maximum Gasteiger partial charge on any atom is 0.239 e. The summed E-state index contributed by atoms with van der Waals surface area (Å²) in [4.78, 5) is 38.2. The van der Waals surface area contributed by atoms with Gasteiger partial charge in [-0.25, -0.2) is 0 Å². The molecule has 0 aromatic heterocycles. The number of epoxide rings is 1. The Morgan fingerprint density at radius 1 is 1.17 bits per heavy atom. The Balaban J connectivity index is 1.61. The summed E-state index contributed by atoms with van der Waals surface area (Å²) < 4.78 is 21.6. The van der Waals surface area contributed by atoms with Gasteiger partial charge in [-0.05, 0) is 43.2 Å². The molecule has 0 radical (unpaired) electrons. The van der Waals surface area contributed by atoms with Gasteiger partial charge in [0, 0.05) is 11.5 Å². The largest absolute Gasteiger partial charge is 0.493 e. The lowest BCUT2D eigenvalue weighted by molar-refractivity contribution is -0.133. The molecule has 0 saturated carbocycles. The molecule has 2 aliphatic rings. The number of fused-ring (bicyclic) bond motifs is 1. The van der Waals surface area contributed by atoms with Gasteiger partial charge in [0.1, 0.15) is 0 Å². The average molecular weight is 493 g/mol. The Morgan fingerprint density at radius 3 is 2.40 bits per heavy atom. The van der Waals surface area contributed by atoms with Gasteiger partial charge in [-0.15, -0.1) is 0 Å². The number of carbonyl (C=O) groups is 3. The van der Waals surface area contributed by atoms with Crippen LogP contribution < -0.4 is 24.8 Å². The van der Waals surface area contributed by atoms with Gasteiger partial charge in [0.05, 0.1) is 47.1 Å². The fraction of sp³-hybridized carbons (Fsp3) is 0.640. The normalized spacial score (nSPS) is 21.5. The molecule has 1 heterocycles. The summed E-state index contributed by atoms with van der Waals surface area (Å²) in [5.41, 5.74) is 0.717. The quantitative estimate of drug-likeness (QED) is 0.365. The van der Waals surface area contributed by atoms with E-state index in [1.165, 1.54) is 0 Å². The van der Waals surface area contributed by atoms with Crippen LogP contribution in [0, 0.1) is 11.8 Å². The first kappa shape index (κ1) is 26.7. The zero-order valence-electron chi connectivity index (χ0n) is 21.1. The number of amides is 2. The first-order valence-electron chi connectivity index (χ1n) is 11.9. The number of hydrogen-bond acceptors (Lipinski definition) is 8. The summed E-state index contributed by atoms with van der Waals surface area (Å²) in [7, 11) is 4.67. The first-order valence-corrected chi connectivity index (χ1v) is 11.9. The molecular formula is C25H36N2O8. The molecule has 1 fully saturated rings. The summed E-state index contributed by atoms with van der Waals surface area (Å²) in [5.74, 6) is 0.464. The number of aliphatic hydroxyl groups excluding tert-OH is 1. The monoisotopic (exact) mass is 492 g/mol. The highest BCUT2D eigenvalue weighted by Crippen LogP contribution is 2.45. The zero-order valence-corrected chi connectivity index (χ0v) is 21.1. The average Bonchev–Trinajstić information content (AvgIpc) is 3.65. The van der Waals surface area contributed by atoms with Gasteiger partial charge in [-0.2, -0.15) is 0 Å². The van der Waals surface area contributed by atoms with Crippen molar-refractivity contribution in [2.45, 2.75) is 51.2 Å². The summed E-state index contributed by atoms with van der Waals surface area (Å²) in [6.45, 7) is 3.36. The van der Waals surface area contributed by atoms with Crippen molar-refractivity contribution in [2.24, 2.45) is 11.8 Å². The standard InChI is InChI=1S/C25H36N2O8/c1-14(2)8-18(23(30)25(12-28)13-35-25)27-20(29)11-26-24(31)15-6-7-17-16(9-15)10-19(32-3)22(34-5)21(17)33-4/h10,14-15,18,28H,6-9,11-13H2,1-5H3,(H,26,31)(H,27,29). The van der Waals surface area contributed by atoms with E-state index in [0.717, 1.165) is 11.1 Å². The minimum atomic E-state index is -1.21. The van der Waals surface area contributed by atoms with Crippen LogP contribution in [0.25, 0.3) is 0 Å². The summed E-state index contributed by atoms with van der Waals surface area (Å²) in [5, 5.41) is 14.9. The number of Topliss-reactive ketones (excluding diaryl/α,β-unsaturated/α-hetero) is 1. The number of ether oxygens (including phenoxy) is 4. The molecule has 194 valence electrons. The number of methoxy groups -OCH3 is 3. The van der Waals surface area contributed by atoms with E-state index in [9.17, 15) is 19.5 Å². The minimum Gasteiger partial charge on any atom is -0.493 e. The second kappa shape index (κ2) is 11.3. The third-order valence-corrected chi connectivity index (χ3v) is 6.58. The van der Waals surface area contributed by atoms with Crippen molar-refractivity contribution in [3.8, 4) is 17.2 Å². The van der Waals surface area contributed by atoms with Gasteiger partial charge in [0.25, 0.3) is 0 Å². The Bertz CT molecular complexity index is 957. The van der Waals surface area contributed by atoms with Gasteiger partial charge in [-0.3, -0.25) is 14.4 Å². The van der Waals surface area contributed by atoms with Crippen LogP contribution in [0.4, 0.5) is 0 Å². The van der Waals surface area contributed by atoms with Gasteiger partial charge in [-0.1, -0.05) is 13.8 Å². The molecule has 0 bridgehead atoms. The Hall–Kier alpha value is -2.85. The van der Waals surface area contributed by atoms with E-state index in [-0.39, 0.29) is 36.7 Å². The molecule has 3 rings (SSSR count). The first-order chi connectivity index (χ1) is 16.7. The van der Waals surface area contributed by atoms with Crippen molar-refractivity contribution in [2.75, 3.05) is 41.1 Å². The zero-order chi connectivity index (χ0) is 25.8. The van der Waals surface area contributed by atoms with Gasteiger partial charge in [0.15, 0.2) is 22.9 Å². The van der Waals surface area contributed by atoms with Crippen LogP contribution in [0.15, 0.2) is 6.07 Å². The van der Waals surface area contributed by atoms with Crippen molar-refractivity contribution in [3.05, 3.63) is 17.2 Å². The van der Waals surface area contributed by atoms with Gasteiger partial charge < -0.3 is 34.7 Å². The van der Waals surface area contributed by atoms with Crippen molar-refractivity contribution >= 4 is 17.6 Å². The molecule has 2 amide bonds. The minimum absolute atomic E-state index is 0.142. The van der Waals surface area contributed by atoms with Crippen LogP contribution in [0.2, 0.25) is 0 Å². The number of benzene rings is 1. The van der Waals surface area contributed by atoms with Crippen LogP contribution in [-0.4, -0.2) is 75.4 Å². The summed E-state index contributed by atoms with van der Waals surface area (Å²) >= 11 is 0. The third-order valence-electron chi connectivity index (χ3n) is 6.58. The van der Waals surface area contributed by atoms with Crippen LogP contribution in [0.5, 0.6) is 17.2 Å². The van der Waals surface area contributed by atoms with Gasteiger partial charge in [0.2, 0.25) is 17.6 Å². The van der Waals surface area contributed by atoms with Gasteiger partial charge >= 0.3 is 0 Å². The van der Waals surface area contributed by atoms with E-state index >= 15 is 0 Å².